The molecule has 0 bridgehead atoms. The third kappa shape index (κ3) is 4.32. The van der Waals surface area contributed by atoms with Crippen LogP contribution in [0.4, 0.5) is 0 Å². The van der Waals surface area contributed by atoms with Crippen LogP contribution in [0.1, 0.15) is 32.8 Å². The Morgan fingerprint density at radius 2 is 2.12 bits per heavy atom. The van der Waals surface area contributed by atoms with Gasteiger partial charge < -0.3 is 14.6 Å². The maximum atomic E-state index is 10.3. The van der Waals surface area contributed by atoms with Gasteiger partial charge in [0, 0.05) is 31.9 Å². The average Bonchev–Trinajstić information content (AvgIpc) is 2.26. The summed E-state index contributed by atoms with van der Waals surface area (Å²) in [5, 5.41) is 10.3. The molecule has 0 saturated carbocycles. The number of nitrogens with zero attached hydrogens (tertiary/aromatic N) is 1. The van der Waals surface area contributed by atoms with E-state index < -0.39 is 5.60 Å². The van der Waals surface area contributed by atoms with Crippen molar-refractivity contribution in [1.29, 1.82) is 0 Å². The van der Waals surface area contributed by atoms with E-state index in [0.29, 0.717) is 18.8 Å². The average molecular weight is 239 g/mol. The predicted molar refractivity (Wildman–Crippen MR) is 66.1 cm³/mol. The molecule has 1 atom stereocenters. The first-order chi connectivity index (χ1) is 7.95. The van der Waals surface area contributed by atoms with E-state index in [1.54, 1.807) is 26.4 Å². The van der Waals surface area contributed by atoms with Crippen molar-refractivity contribution in [1.82, 2.24) is 4.98 Å². The van der Waals surface area contributed by atoms with Crippen LogP contribution >= 0.6 is 0 Å². The van der Waals surface area contributed by atoms with Gasteiger partial charge in [-0.3, -0.25) is 4.98 Å². The molecule has 0 amide bonds. The second-order valence-corrected chi connectivity index (χ2v) is 4.59. The number of hydrogen-bond donors (Lipinski definition) is 1. The molecular formula is C13H21NO3. The standard InChI is InChI=1S/C13H21NO3/c1-10(2)17-12-7-11(8-14-9-12)13(3,15)5-6-16-4/h7-10,15H,5-6H2,1-4H3. The third-order valence-electron chi connectivity index (χ3n) is 2.50. The molecule has 1 N–H and O–H groups in total. The number of methoxy groups -OCH3 is 1. The maximum absolute atomic E-state index is 10.3. The van der Waals surface area contributed by atoms with Crippen LogP contribution < -0.4 is 4.74 Å². The Bertz CT molecular complexity index is 350. The lowest BCUT2D eigenvalue weighted by atomic mass is 9.94. The Kier molecular flexibility index (Phi) is 4.90. The third-order valence-corrected chi connectivity index (χ3v) is 2.50. The van der Waals surface area contributed by atoms with Gasteiger partial charge in [-0.05, 0) is 26.8 Å². The van der Waals surface area contributed by atoms with Crippen LogP contribution in [0.15, 0.2) is 18.5 Å². The minimum absolute atomic E-state index is 0.0935. The lowest BCUT2D eigenvalue weighted by Crippen LogP contribution is -2.23. The van der Waals surface area contributed by atoms with Crippen molar-refractivity contribution in [3.63, 3.8) is 0 Å². The Balaban J connectivity index is 2.82. The van der Waals surface area contributed by atoms with Gasteiger partial charge in [-0.15, -0.1) is 0 Å². The van der Waals surface area contributed by atoms with E-state index in [1.807, 2.05) is 19.9 Å². The van der Waals surface area contributed by atoms with Crippen molar-refractivity contribution >= 4 is 0 Å². The fraction of sp³-hybridized carbons (Fsp3) is 0.615. The van der Waals surface area contributed by atoms with Crippen LogP contribution in [0.3, 0.4) is 0 Å². The quantitative estimate of drug-likeness (QED) is 0.826. The van der Waals surface area contributed by atoms with Crippen molar-refractivity contribution in [3.8, 4) is 5.75 Å². The van der Waals surface area contributed by atoms with E-state index in [4.69, 9.17) is 9.47 Å². The van der Waals surface area contributed by atoms with Gasteiger partial charge in [0.2, 0.25) is 0 Å². The topological polar surface area (TPSA) is 51.6 Å². The smallest absolute Gasteiger partial charge is 0.138 e. The zero-order chi connectivity index (χ0) is 12.9. The summed E-state index contributed by atoms with van der Waals surface area (Å²) in [5.74, 6) is 0.676. The summed E-state index contributed by atoms with van der Waals surface area (Å²) < 4.78 is 10.5. The molecule has 4 heteroatoms. The summed E-state index contributed by atoms with van der Waals surface area (Å²) >= 11 is 0. The lowest BCUT2D eigenvalue weighted by Gasteiger charge is -2.23. The molecule has 1 unspecified atom stereocenters. The first kappa shape index (κ1) is 13.9. The van der Waals surface area contributed by atoms with Crippen LogP contribution in [0.2, 0.25) is 0 Å². The minimum Gasteiger partial charge on any atom is -0.489 e. The summed E-state index contributed by atoms with van der Waals surface area (Å²) in [4.78, 5) is 4.09. The molecule has 0 aliphatic heterocycles. The fourth-order valence-corrected chi connectivity index (χ4v) is 1.50. The van der Waals surface area contributed by atoms with E-state index >= 15 is 0 Å². The van der Waals surface area contributed by atoms with E-state index in [1.165, 1.54) is 0 Å². The molecule has 17 heavy (non-hydrogen) atoms. The maximum Gasteiger partial charge on any atom is 0.138 e. The number of hydrogen-bond acceptors (Lipinski definition) is 4. The van der Waals surface area contributed by atoms with Gasteiger partial charge in [-0.25, -0.2) is 0 Å². The monoisotopic (exact) mass is 239 g/mol. The van der Waals surface area contributed by atoms with E-state index in [9.17, 15) is 5.11 Å². The first-order valence-electron chi connectivity index (χ1n) is 5.79. The van der Waals surface area contributed by atoms with Crippen LogP contribution in [0.5, 0.6) is 5.75 Å². The van der Waals surface area contributed by atoms with Crippen molar-refractivity contribution in [2.75, 3.05) is 13.7 Å². The number of pyridine rings is 1. The van der Waals surface area contributed by atoms with Crippen molar-refractivity contribution < 1.29 is 14.6 Å². The van der Waals surface area contributed by atoms with Gasteiger partial charge in [0.15, 0.2) is 0 Å². The zero-order valence-electron chi connectivity index (χ0n) is 10.9. The highest BCUT2D eigenvalue weighted by atomic mass is 16.5. The van der Waals surface area contributed by atoms with Gasteiger partial charge in [0.05, 0.1) is 17.9 Å². The van der Waals surface area contributed by atoms with Crippen LogP contribution in [0, 0.1) is 0 Å². The number of aliphatic hydroxyl groups is 1. The minimum atomic E-state index is -0.945. The van der Waals surface area contributed by atoms with Gasteiger partial charge in [0.1, 0.15) is 5.75 Å². The Hall–Kier alpha value is -1.13. The Labute approximate surface area is 103 Å². The molecule has 0 radical (unpaired) electrons. The number of rotatable bonds is 6. The molecule has 1 aromatic heterocycles. The van der Waals surface area contributed by atoms with Crippen molar-refractivity contribution in [2.24, 2.45) is 0 Å². The molecule has 0 aliphatic rings. The number of ether oxygens (including phenoxy) is 2. The molecule has 1 aromatic rings. The second kappa shape index (κ2) is 5.98. The highest BCUT2D eigenvalue weighted by Crippen LogP contribution is 2.26. The summed E-state index contributed by atoms with van der Waals surface area (Å²) in [6.07, 6.45) is 3.92. The summed E-state index contributed by atoms with van der Waals surface area (Å²) in [7, 11) is 1.62. The second-order valence-electron chi connectivity index (χ2n) is 4.59. The van der Waals surface area contributed by atoms with Crippen molar-refractivity contribution in [3.05, 3.63) is 24.0 Å². The van der Waals surface area contributed by atoms with Crippen molar-refractivity contribution in [2.45, 2.75) is 38.9 Å². The van der Waals surface area contributed by atoms with Gasteiger partial charge in [-0.2, -0.15) is 0 Å². The van der Waals surface area contributed by atoms with E-state index in [2.05, 4.69) is 4.98 Å². The molecule has 4 nitrogen and oxygen atoms in total. The van der Waals surface area contributed by atoms with E-state index in [0.717, 1.165) is 5.56 Å². The largest absolute Gasteiger partial charge is 0.489 e. The van der Waals surface area contributed by atoms with E-state index in [-0.39, 0.29) is 6.10 Å². The van der Waals surface area contributed by atoms with Crippen LogP contribution in [-0.4, -0.2) is 29.9 Å². The van der Waals surface area contributed by atoms with Crippen LogP contribution in [0.25, 0.3) is 0 Å². The normalized spacial score (nSPS) is 14.7. The molecule has 1 rings (SSSR count). The summed E-state index contributed by atoms with van der Waals surface area (Å²) in [6.45, 7) is 6.16. The summed E-state index contributed by atoms with van der Waals surface area (Å²) in [6, 6.07) is 1.82. The van der Waals surface area contributed by atoms with Gasteiger partial charge in [-0.1, -0.05) is 0 Å². The molecular weight excluding hydrogens is 218 g/mol. The SMILES string of the molecule is COCCC(C)(O)c1cncc(OC(C)C)c1. The molecule has 0 spiro atoms. The van der Waals surface area contributed by atoms with Gasteiger partial charge >= 0.3 is 0 Å². The highest BCUT2D eigenvalue weighted by molar-refractivity contribution is 5.27. The molecule has 0 aliphatic carbocycles. The number of aromatic nitrogens is 1. The highest BCUT2D eigenvalue weighted by Gasteiger charge is 2.23. The molecule has 0 saturated heterocycles. The Morgan fingerprint density at radius 1 is 1.41 bits per heavy atom. The molecule has 1 heterocycles. The zero-order valence-corrected chi connectivity index (χ0v) is 10.9. The molecule has 0 fully saturated rings. The fourth-order valence-electron chi connectivity index (χ4n) is 1.50. The molecule has 0 aromatic carbocycles. The van der Waals surface area contributed by atoms with Crippen LogP contribution in [-0.2, 0) is 10.3 Å². The lowest BCUT2D eigenvalue weighted by molar-refractivity contribution is 0.0205. The van der Waals surface area contributed by atoms with Gasteiger partial charge in [0.25, 0.3) is 0 Å². The Morgan fingerprint density at radius 3 is 2.71 bits per heavy atom. The molecule has 96 valence electrons. The summed E-state index contributed by atoms with van der Waals surface area (Å²) in [5.41, 5.74) is -0.202. The first-order valence-corrected chi connectivity index (χ1v) is 5.79. The predicted octanol–water partition coefficient (Wildman–Crippen LogP) is 2.11.